The summed E-state index contributed by atoms with van der Waals surface area (Å²) in [7, 11) is 1.66. The van der Waals surface area contributed by atoms with E-state index in [1.807, 2.05) is 25.1 Å². The number of nitrogens with zero attached hydrogens (tertiary/aromatic N) is 2. The number of nitrogens with one attached hydrogen (secondary N) is 2. The zero-order chi connectivity index (χ0) is 18.9. The van der Waals surface area contributed by atoms with Crippen LogP contribution in [0.4, 0.5) is 5.69 Å². The summed E-state index contributed by atoms with van der Waals surface area (Å²) >= 11 is 11.7. The summed E-state index contributed by atoms with van der Waals surface area (Å²) in [6.45, 7) is 6.91. The molecule has 144 valence electrons. The first-order valence-corrected chi connectivity index (χ1v) is 9.59. The van der Waals surface area contributed by atoms with Crippen molar-refractivity contribution in [3.8, 4) is 0 Å². The lowest BCUT2D eigenvalue weighted by atomic mass is 10.2. The van der Waals surface area contributed by atoms with Gasteiger partial charge in [0.2, 0.25) is 5.91 Å². The van der Waals surface area contributed by atoms with Gasteiger partial charge in [-0.25, -0.2) is 0 Å². The number of halogens is 1. The van der Waals surface area contributed by atoms with Crippen molar-refractivity contribution in [1.29, 1.82) is 0 Å². The molecular weight excluding hydrogens is 372 g/mol. The van der Waals surface area contributed by atoms with Gasteiger partial charge in [-0.15, -0.1) is 0 Å². The molecule has 2 rings (SSSR count). The van der Waals surface area contributed by atoms with E-state index in [-0.39, 0.29) is 5.91 Å². The molecule has 0 atom stereocenters. The van der Waals surface area contributed by atoms with E-state index in [1.165, 1.54) is 0 Å². The van der Waals surface area contributed by atoms with Gasteiger partial charge in [0.15, 0.2) is 5.11 Å². The highest BCUT2D eigenvalue weighted by atomic mass is 35.5. The van der Waals surface area contributed by atoms with Crippen LogP contribution >= 0.6 is 23.8 Å². The number of hydrogen-bond acceptors (Lipinski definition) is 4. The molecule has 0 bridgehead atoms. The van der Waals surface area contributed by atoms with E-state index in [0.29, 0.717) is 24.8 Å². The molecule has 0 radical (unpaired) electrons. The van der Waals surface area contributed by atoms with Crippen molar-refractivity contribution in [2.75, 3.05) is 58.3 Å². The van der Waals surface area contributed by atoms with Crippen LogP contribution in [0.25, 0.3) is 0 Å². The molecule has 0 aliphatic carbocycles. The second-order valence-corrected chi connectivity index (χ2v) is 7.10. The molecule has 1 fully saturated rings. The van der Waals surface area contributed by atoms with Gasteiger partial charge >= 0.3 is 0 Å². The highest BCUT2D eigenvalue weighted by Crippen LogP contribution is 2.23. The fourth-order valence-electron chi connectivity index (χ4n) is 2.75. The van der Waals surface area contributed by atoms with Gasteiger partial charge in [0.1, 0.15) is 0 Å². The first-order chi connectivity index (χ1) is 12.5. The van der Waals surface area contributed by atoms with Crippen LogP contribution in [0.1, 0.15) is 12.0 Å². The van der Waals surface area contributed by atoms with Gasteiger partial charge in [-0.05, 0) is 43.3 Å². The van der Waals surface area contributed by atoms with Crippen molar-refractivity contribution in [3.05, 3.63) is 28.8 Å². The first kappa shape index (κ1) is 20.9. The Kier molecular flexibility index (Phi) is 8.58. The summed E-state index contributed by atoms with van der Waals surface area (Å²) in [6.07, 6.45) is 0.832. The van der Waals surface area contributed by atoms with Crippen molar-refractivity contribution < 1.29 is 9.53 Å². The Morgan fingerprint density at radius 1 is 1.31 bits per heavy atom. The number of rotatable bonds is 7. The van der Waals surface area contributed by atoms with Gasteiger partial charge in [0.05, 0.1) is 6.54 Å². The predicted octanol–water partition coefficient (Wildman–Crippen LogP) is 2.12. The summed E-state index contributed by atoms with van der Waals surface area (Å²) in [6, 6.07) is 5.74. The molecular formula is C18H27ClN4O2S. The molecule has 1 amide bonds. The molecule has 8 heteroatoms. The number of methoxy groups -OCH3 is 1. The Morgan fingerprint density at radius 3 is 2.73 bits per heavy atom. The molecule has 26 heavy (non-hydrogen) atoms. The zero-order valence-electron chi connectivity index (χ0n) is 15.4. The number of anilines is 1. The van der Waals surface area contributed by atoms with Crippen molar-refractivity contribution in [2.45, 2.75) is 13.3 Å². The van der Waals surface area contributed by atoms with Gasteiger partial charge in [0, 0.05) is 57.2 Å². The first-order valence-electron chi connectivity index (χ1n) is 8.80. The quantitative estimate of drug-likeness (QED) is 0.542. The van der Waals surface area contributed by atoms with Crippen LogP contribution in [0.3, 0.4) is 0 Å². The maximum atomic E-state index is 11.9. The Morgan fingerprint density at radius 2 is 2.04 bits per heavy atom. The van der Waals surface area contributed by atoms with Crippen molar-refractivity contribution in [2.24, 2.45) is 0 Å². The maximum Gasteiger partial charge on any atom is 0.234 e. The van der Waals surface area contributed by atoms with Crippen LogP contribution in [-0.2, 0) is 9.53 Å². The van der Waals surface area contributed by atoms with E-state index in [0.717, 1.165) is 48.9 Å². The average Bonchev–Trinajstić information content (AvgIpc) is 2.63. The number of piperazine rings is 1. The third-order valence-corrected chi connectivity index (χ3v) is 5.15. The second kappa shape index (κ2) is 10.7. The number of benzene rings is 1. The second-order valence-electron chi connectivity index (χ2n) is 6.30. The largest absolute Gasteiger partial charge is 0.385 e. The molecule has 1 aromatic carbocycles. The van der Waals surface area contributed by atoms with Gasteiger partial charge < -0.3 is 20.3 Å². The van der Waals surface area contributed by atoms with Crippen LogP contribution in [0, 0.1) is 6.92 Å². The SMILES string of the molecule is COCCCNC(=O)CN1CCN(C(=S)Nc2cccc(Cl)c2C)CC1. The predicted molar refractivity (Wildman–Crippen MR) is 110 cm³/mol. The molecule has 1 saturated heterocycles. The molecule has 1 heterocycles. The van der Waals surface area contributed by atoms with Crippen LogP contribution in [-0.4, -0.2) is 73.8 Å². The van der Waals surface area contributed by atoms with E-state index in [2.05, 4.69) is 20.4 Å². The van der Waals surface area contributed by atoms with Gasteiger partial charge in [0.25, 0.3) is 0 Å². The third kappa shape index (κ3) is 6.39. The topological polar surface area (TPSA) is 56.8 Å². The minimum absolute atomic E-state index is 0.0600. The third-order valence-electron chi connectivity index (χ3n) is 4.38. The molecule has 0 saturated carbocycles. The fourth-order valence-corrected chi connectivity index (χ4v) is 3.22. The number of thiocarbonyl (C=S) groups is 1. The van der Waals surface area contributed by atoms with Crippen LogP contribution < -0.4 is 10.6 Å². The lowest BCUT2D eigenvalue weighted by molar-refractivity contribution is -0.122. The standard InChI is InChI=1S/C18H27ClN4O2S/c1-14-15(19)5-3-6-16(14)21-18(26)23-10-8-22(9-11-23)13-17(24)20-7-4-12-25-2/h3,5-6H,4,7-13H2,1-2H3,(H,20,24)(H,21,26). The normalized spacial score (nSPS) is 15.0. The molecule has 1 aromatic rings. The van der Waals surface area contributed by atoms with Gasteiger partial charge in [-0.3, -0.25) is 9.69 Å². The summed E-state index contributed by atoms with van der Waals surface area (Å²) in [4.78, 5) is 16.2. The monoisotopic (exact) mass is 398 g/mol. The Hall–Kier alpha value is -1.41. The number of hydrogen-bond donors (Lipinski definition) is 2. The average molecular weight is 399 g/mol. The van der Waals surface area contributed by atoms with Crippen molar-refractivity contribution in [3.63, 3.8) is 0 Å². The van der Waals surface area contributed by atoms with Gasteiger partial charge in [-0.2, -0.15) is 0 Å². The number of amides is 1. The van der Waals surface area contributed by atoms with E-state index in [1.54, 1.807) is 7.11 Å². The van der Waals surface area contributed by atoms with Crippen LogP contribution in [0.5, 0.6) is 0 Å². The van der Waals surface area contributed by atoms with Crippen molar-refractivity contribution >= 4 is 40.5 Å². The fraction of sp³-hybridized carbons (Fsp3) is 0.556. The van der Waals surface area contributed by atoms with E-state index in [4.69, 9.17) is 28.6 Å². The number of carbonyl (C=O) groups is 1. The van der Waals surface area contributed by atoms with Crippen LogP contribution in [0.15, 0.2) is 18.2 Å². The molecule has 6 nitrogen and oxygen atoms in total. The molecule has 0 spiro atoms. The number of carbonyl (C=O) groups excluding carboxylic acids is 1. The summed E-state index contributed by atoms with van der Waals surface area (Å²) < 4.78 is 4.97. The molecule has 1 aliphatic rings. The smallest absolute Gasteiger partial charge is 0.234 e. The lowest BCUT2D eigenvalue weighted by Gasteiger charge is -2.36. The summed E-state index contributed by atoms with van der Waals surface area (Å²) in [5.74, 6) is 0.0600. The zero-order valence-corrected chi connectivity index (χ0v) is 17.0. The lowest BCUT2D eigenvalue weighted by Crippen LogP contribution is -2.52. The molecule has 1 aliphatic heterocycles. The molecule has 2 N–H and O–H groups in total. The summed E-state index contributed by atoms with van der Waals surface area (Å²) in [5, 5.41) is 7.61. The highest BCUT2D eigenvalue weighted by Gasteiger charge is 2.20. The maximum absolute atomic E-state index is 11.9. The minimum atomic E-state index is 0.0600. The van der Waals surface area contributed by atoms with E-state index < -0.39 is 0 Å². The number of ether oxygens (including phenoxy) is 1. The van der Waals surface area contributed by atoms with Gasteiger partial charge in [-0.1, -0.05) is 17.7 Å². The van der Waals surface area contributed by atoms with Crippen LogP contribution in [0.2, 0.25) is 5.02 Å². The van der Waals surface area contributed by atoms with Crippen molar-refractivity contribution in [1.82, 2.24) is 15.1 Å². The van der Waals surface area contributed by atoms with E-state index in [9.17, 15) is 4.79 Å². The Balaban J connectivity index is 1.73. The molecule has 0 aromatic heterocycles. The Labute approximate surface area is 165 Å². The van der Waals surface area contributed by atoms with E-state index >= 15 is 0 Å². The molecule has 0 unspecified atom stereocenters. The Bertz CT molecular complexity index is 621. The highest BCUT2D eigenvalue weighted by molar-refractivity contribution is 7.80. The summed E-state index contributed by atoms with van der Waals surface area (Å²) in [5.41, 5.74) is 1.92. The minimum Gasteiger partial charge on any atom is -0.385 e.